The molecule has 0 unspecified atom stereocenters. The minimum atomic E-state index is -2.62. The van der Waals surface area contributed by atoms with Gasteiger partial charge in [0.15, 0.2) is 0 Å². The first-order valence-corrected chi connectivity index (χ1v) is 2.00. The Hall–Kier alpha value is 0.230. The molecule has 0 aromatic carbocycles. The first-order chi connectivity index (χ1) is 2.73. The molecular formula is H5O5P. The fraction of sp³-hybridized carbons (Fsp3) is 0. The molecule has 0 heterocycles. The molecule has 5 N–H and O–H groups in total. The highest BCUT2D eigenvalue weighted by Gasteiger charge is 1.76. The summed E-state index contributed by atoms with van der Waals surface area (Å²) in [4.78, 5) is 21.7. The van der Waals surface area contributed by atoms with Gasteiger partial charge < -0.3 is 14.7 Å². The second kappa shape index (κ2) is 8.97. The Balaban J connectivity index is 0. The molecule has 0 saturated carbocycles. The summed E-state index contributed by atoms with van der Waals surface area (Å²) >= 11 is 0. The quantitative estimate of drug-likeness (QED) is 0.162. The van der Waals surface area contributed by atoms with E-state index in [4.69, 9.17) is 25.2 Å². The van der Waals surface area contributed by atoms with Crippen molar-refractivity contribution in [1.29, 1.82) is 0 Å². The van der Waals surface area contributed by atoms with Crippen molar-refractivity contribution in [1.82, 2.24) is 0 Å². The summed E-state index contributed by atoms with van der Waals surface area (Å²) in [6.45, 7) is 0. The van der Waals surface area contributed by atoms with E-state index in [9.17, 15) is 0 Å². The molecule has 0 spiro atoms. The summed E-state index contributed by atoms with van der Waals surface area (Å²) in [5.41, 5.74) is 0. The molecule has 0 aromatic heterocycles. The molecule has 0 fully saturated rings. The van der Waals surface area contributed by atoms with Crippen molar-refractivity contribution in [3.05, 3.63) is 0 Å². The Labute approximate surface area is 35.0 Å². The van der Waals surface area contributed by atoms with Crippen LogP contribution in [0.4, 0.5) is 0 Å². The molecule has 40 valence electrons. The van der Waals surface area contributed by atoms with Crippen LogP contribution in [-0.2, 0) is 0 Å². The molecule has 0 amide bonds. The molecule has 0 rings (SSSR count). The third-order valence-electron chi connectivity index (χ3n) is 0. The zero-order valence-corrected chi connectivity index (χ0v) is 3.58. The first kappa shape index (κ1) is 9.52. The maximum atomic E-state index is 7.23. The molecule has 0 aliphatic rings. The van der Waals surface area contributed by atoms with Crippen LogP contribution >= 0.6 is 8.60 Å². The molecule has 0 aromatic rings. The summed E-state index contributed by atoms with van der Waals surface area (Å²) in [5.74, 6) is 0. The van der Waals surface area contributed by atoms with E-state index in [1.54, 1.807) is 0 Å². The van der Waals surface area contributed by atoms with E-state index in [1.807, 2.05) is 0 Å². The van der Waals surface area contributed by atoms with Crippen LogP contribution in [-0.4, -0.2) is 25.2 Å². The lowest BCUT2D eigenvalue weighted by Gasteiger charge is -1.76. The van der Waals surface area contributed by atoms with Crippen molar-refractivity contribution in [2.45, 2.75) is 0 Å². The Bertz CT molecular complexity index is 8.66. The highest BCUT2D eigenvalue weighted by atomic mass is 31.2. The van der Waals surface area contributed by atoms with Gasteiger partial charge in [-0.2, -0.15) is 0 Å². The standard InChI is InChI=1S/H3O3P.H2O2/c1-4(2)3;1-2/h1-3H;1-2H. The fourth-order valence-corrected chi connectivity index (χ4v) is 0. The highest BCUT2D eigenvalue weighted by molar-refractivity contribution is 7.38. The van der Waals surface area contributed by atoms with Crippen LogP contribution in [0.2, 0.25) is 0 Å². The van der Waals surface area contributed by atoms with Crippen molar-refractivity contribution in [3.63, 3.8) is 0 Å². The number of rotatable bonds is 0. The zero-order chi connectivity index (χ0) is 5.58. The van der Waals surface area contributed by atoms with Gasteiger partial charge in [0.2, 0.25) is 0 Å². The van der Waals surface area contributed by atoms with Crippen molar-refractivity contribution in [2.75, 3.05) is 0 Å². The van der Waals surface area contributed by atoms with Gasteiger partial charge >= 0.3 is 8.60 Å². The van der Waals surface area contributed by atoms with E-state index >= 15 is 0 Å². The lowest BCUT2D eigenvalue weighted by Crippen LogP contribution is -1.54. The predicted molar refractivity (Wildman–Crippen MR) is 18.8 cm³/mol. The second-order valence-corrected chi connectivity index (χ2v) is 0.805. The van der Waals surface area contributed by atoms with Crippen LogP contribution in [0.25, 0.3) is 0 Å². The summed E-state index contributed by atoms with van der Waals surface area (Å²) < 4.78 is 0. The minimum Gasteiger partial charge on any atom is -0.328 e. The minimum absolute atomic E-state index is 2.62. The third kappa shape index (κ3) is 834. The summed E-state index contributed by atoms with van der Waals surface area (Å²) in [5, 5.41) is 12.0. The topological polar surface area (TPSA) is 101 Å². The van der Waals surface area contributed by atoms with Gasteiger partial charge in [-0.25, -0.2) is 0 Å². The Kier molecular flexibility index (Phi) is 14.2. The fourth-order valence-electron chi connectivity index (χ4n) is 0. The third-order valence-corrected chi connectivity index (χ3v) is 0. The molecule has 0 bridgehead atoms. The van der Waals surface area contributed by atoms with Crippen LogP contribution in [0.5, 0.6) is 0 Å². The van der Waals surface area contributed by atoms with Gasteiger partial charge in [-0.15, -0.1) is 0 Å². The maximum absolute atomic E-state index is 7.23. The van der Waals surface area contributed by atoms with E-state index in [0.717, 1.165) is 0 Å². The van der Waals surface area contributed by atoms with E-state index < -0.39 is 8.60 Å². The van der Waals surface area contributed by atoms with E-state index in [-0.39, 0.29) is 0 Å². The van der Waals surface area contributed by atoms with Gasteiger partial charge in [-0.1, -0.05) is 0 Å². The number of hydrogen-bond donors (Lipinski definition) is 5. The highest BCUT2D eigenvalue weighted by Crippen LogP contribution is 2.11. The van der Waals surface area contributed by atoms with Crippen LogP contribution in [0, 0.1) is 0 Å². The molecule has 0 atom stereocenters. The summed E-state index contributed by atoms with van der Waals surface area (Å²) in [7, 11) is -2.62. The Morgan fingerprint density at radius 1 is 0.833 bits per heavy atom. The van der Waals surface area contributed by atoms with Crippen LogP contribution in [0.3, 0.4) is 0 Å². The molecule has 0 aliphatic heterocycles. The predicted octanol–water partition coefficient (Wildman–Crippen LogP) is -0.792. The van der Waals surface area contributed by atoms with Gasteiger partial charge in [0.05, 0.1) is 0 Å². The molecule has 0 aliphatic carbocycles. The van der Waals surface area contributed by atoms with Gasteiger partial charge in [-0.05, 0) is 0 Å². The smallest absolute Gasteiger partial charge is 0.324 e. The van der Waals surface area contributed by atoms with Crippen molar-refractivity contribution >= 4 is 8.60 Å². The van der Waals surface area contributed by atoms with Crippen molar-refractivity contribution in [3.8, 4) is 0 Å². The van der Waals surface area contributed by atoms with E-state index in [2.05, 4.69) is 0 Å². The second-order valence-electron chi connectivity index (χ2n) is 0.268. The van der Waals surface area contributed by atoms with Gasteiger partial charge in [0, 0.05) is 0 Å². The molecule has 5 nitrogen and oxygen atoms in total. The van der Waals surface area contributed by atoms with E-state index in [0.29, 0.717) is 0 Å². The summed E-state index contributed by atoms with van der Waals surface area (Å²) in [6.07, 6.45) is 0. The summed E-state index contributed by atoms with van der Waals surface area (Å²) in [6, 6.07) is 0. The average Bonchev–Trinajstić information content (AvgIpc) is 1.41. The van der Waals surface area contributed by atoms with E-state index in [1.165, 1.54) is 0 Å². The van der Waals surface area contributed by atoms with Crippen LogP contribution in [0.15, 0.2) is 0 Å². The Morgan fingerprint density at radius 3 is 0.833 bits per heavy atom. The van der Waals surface area contributed by atoms with Gasteiger partial charge in [0.25, 0.3) is 0 Å². The molecule has 6 heteroatoms. The largest absolute Gasteiger partial charge is 0.328 e. The number of hydrogen-bond acceptors (Lipinski definition) is 5. The maximum Gasteiger partial charge on any atom is 0.324 e. The van der Waals surface area contributed by atoms with Gasteiger partial charge in [0.1, 0.15) is 0 Å². The first-order valence-electron chi connectivity index (χ1n) is 0.800. The monoisotopic (exact) mass is 116 g/mol. The van der Waals surface area contributed by atoms with Gasteiger partial charge in [-0.3, -0.25) is 10.5 Å². The lowest BCUT2D eigenvalue weighted by atomic mass is 15.0. The lowest BCUT2D eigenvalue weighted by molar-refractivity contribution is -0.176. The van der Waals surface area contributed by atoms with Crippen molar-refractivity contribution < 1.29 is 25.2 Å². The van der Waals surface area contributed by atoms with Crippen LogP contribution < -0.4 is 0 Å². The zero-order valence-electron chi connectivity index (χ0n) is 2.68. The average molecular weight is 116 g/mol. The normalized spacial score (nSPS) is 7.00. The Morgan fingerprint density at radius 2 is 0.833 bits per heavy atom. The molecule has 0 radical (unpaired) electrons. The van der Waals surface area contributed by atoms with Crippen molar-refractivity contribution in [2.24, 2.45) is 0 Å². The molecule has 6 heavy (non-hydrogen) atoms. The van der Waals surface area contributed by atoms with Crippen LogP contribution in [0.1, 0.15) is 0 Å². The molecule has 0 saturated heterocycles. The molecular weight excluding hydrogens is 111 g/mol. The SMILES string of the molecule is OO.OP(O)O.